The molecular formula is C27H41ClN2O3Si. The molecule has 1 unspecified atom stereocenters. The Morgan fingerprint density at radius 1 is 1.09 bits per heavy atom. The molecule has 1 aliphatic carbocycles. The van der Waals surface area contributed by atoms with E-state index in [2.05, 4.69) is 53.0 Å². The molecule has 1 aromatic rings. The summed E-state index contributed by atoms with van der Waals surface area (Å²) in [6, 6.07) is 4.27. The van der Waals surface area contributed by atoms with Crippen LogP contribution in [0, 0.1) is 16.9 Å². The summed E-state index contributed by atoms with van der Waals surface area (Å²) in [4.78, 5) is 27.8. The zero-order chi connectivity index (χ0) is 26.0. The van der Waals surface area contributed by atoms with Crippen LogP contribution in [0.1, 0.15) is 75.2 Å². The van der Waals surface area contributed by atoms with Crippen molar-refractivity contribution in [3.8, 4) is 17.2 Å². The largest absolute Gasteiger partial charge is 0.489 e. The van der Waals surface area contributed by atoms with E-state index in [4.69, 9.17) is 22.1 Å². The lowest BCUT2D eigenvalue weighted by molar-refractivity contribution is -0.124. The molecule has 1 fully saturated rings. The molecule has 5 nitrogen and oxygen atoms in total. The van der Waals surface area contributed by atoms with E-state index in [0.717, 1.165) is 12.8 Å². The van der Waals surface area contributed by atoms with Crippen LogP contribution in [-0.2, 0) is 9.59 Å². The number of halogens is 1. The Hall–Kier alpha value is -1.97. The van der Waals surface area contributed by atoms with Crippen molar-refractivity contribution in [2.45, 2.75) is 104 Å². The SMILES string of the molecule is CC(C)[Si](C#CC(=O)N(c1ccc(OC2CC2)c(Cl)c1)C(C(N)=O)C(C)(C)C)(C(C)C)C(C)C. The molecule has 1 atom stereocenters. The standard InChI is InChI=1S/C27H41ClN2O3Si/c1-17(2)34(18(3)4,19(5)6)15-14-24(31)30(25(26(29)32)27(7,8)9)20-10-13-23(22(28)16-20)33-21-11-12-21/h10,13,16-19,21,25H,11-12H2,1-9H3,(H2,29,32). The Kier molecular flexibility index (Phi) is 8.93. The van der Waals surface area contributed by atoms with Gasteiger partial charge in [0.15, 0.2) is 0 Å². The topological polar surface area (TPSA) is 72.6 Å². The minimum Gasteiger partial charge on any atom is -0.489 e. The number of anilines is 1. The van der Waals surface area contributed by atoms with E-state index < -0.39 is 31.3 Å². The van der Waals surface area contributed by atoms with Crippen LogP contribution < -0.4 is 15.4 Å². The van der Waals surface area contributed by atoms with Crippen LogP contribution in [0.4, 0.5) is 5.69 Å². The second-order valence-corrected chi connectivity index (χ2v) is 17.4. The number of carbonyl (C=O) groups is 2. The molecule has 0 aliphatic heterocycles. The summed E-state index contributed by atoms with van der Waals surface area (Å²) in [6.07, 6.45) is 2.22. The molecule has 0 saturated heterocycles. The van der Waals surface area contributed by atoms with E-state index in [1.807, 2.05) is 20.8 Å². The number of primary amides is 1. The number of benzene rings is 1. The van der Waals surface area contributed by atoms with Crippen LogP contribution in [0.5, 0.6) is 5.75 Å². The average molecular weight is 505 g/mol. The zero-order valence-electron chi connectivity index (χ0n) is 22.2. The highest BCUT2D eigenvalue weighted by Gasteiger charge is 2.43. The molecule has 1 aromatic carbocycles. The van der Waals surface area contributed by atoms with Gasteiger partial charge in [-0.2, -0.15) is 0 Å². The van der Waals surface area contributed by atoms with E-state index >= 15 is 0 Å². The third kappa shape index (κ3) is 6.17. The van der Waals surface area contributed by atoms with Gasteiger partial charge in [-0.25, -0.2) is 0 Å². The van der Waals surface area contributed by atoms with Crippen molar-refractivity contribution < 1.29 is 14.3 Å². The van der Waals surface area contributed by atoms with Crippen LogP contribution in [0.25, 0.3) is 0 Å². The van der Waals surface area contributed by atoms with Gasteiger partial charge >= 0.3 is 5.91 Å². The molecule has 1 aliphatic rings. The summed E-state index contributed by atoms with van der Waals surface area (Å²) in [7, 11) is -2.15. The molecule has 0 heterocycles. The lowest BCUT2D eigenvalue weighted by atomic mass is 9.84. The number of hydrogen-bond acceptors (Lipinski definition) is 3. The zero-order valence-corrected chi connectivity index (χ0v) is 23.9. The normalized spacial score (nSPS) is 15.2. The van der Waals surface area contributed by atoms with Crippen molar-refractivity contribution in [1.29, 1.82) is 0 Å². The van der Waals surface area contributed by atoms with Gasteiger partial charge in [0, 0.05) is 5.69 Å². The summed E-state index contributed by atoms with van der Waals surface area (Å²) < 4.78 is 5.85. The van der Waals surface area contributed by atoms with Gasteiger partial charge in [0.05, 0.1) is 11.1 Å². The summed E-state index contributed by atoms with van der Waals surface area (Å²) in [5.41, 5.74) is 10.3. The van der Waals surface area contributed by atoms with E-state index in [-0.39, 0.29) is 6.10 Å². The molecule has 1 saturated carbocycles. The van der Waals surface area contributed by atoms with Crippen LogP contribution in [0.15, 0.2) is 18.2 Å². The van der Waals surface area contributed by atoms with E-state index in [1.165, 1.54) is 4.90 Å². The van der Waals surface area contributed by atoms with Gasteiger partial charge < -0.3 is 10.5 Å². The van der Waals surface area contributed by atoms with E-state index in [1.54, 1.807) is 18.2 Å². The van der Waals surface area contributed by atoms with Gasteiger partial charge in [-0.3, -0.25) is 14.5 Å². The number of amides is 2. The van der Waals surface area contributed by atoms with Crippen molar-refractivity contribution in [2.24, 2.45) is 11.1 Å². The molecule has 2 N–H and O–H groups in total. The number of nitrogens with zero attached hydrogens (tertiary/aromatic N) is 1. The van der Waals surface area contributed by atoms with Crippen molar-refractivity contribution >= 4 is 37.2 Å². The van der Waals surface area contributed by atoms with Crippen LogP contribution in [0.3, 0.4) is 0 Å². The van der Waals surface area contributed by atoms with Crippen LogP contribution in [0.2, 0.25) is 21.6 Å². The fraction of sp³-hybridized carbons (Fsp3) is 0.630. The molecule has 2 rings (SSSR count). The summed E-state index contributed by atoms with van der Waals surface area (Å²) in [5, 5.41) is 0.391. The molecule has 188 valence electrons. The second kappa shape index (κ2) is 10.7. The first-order valence-electron chi connectivity index (χ1n) is 12.2. The maximum atomic E-state index is 13.7. The van der Waals surface area contributed by atoms with Gasteiger partial charge in [0.2, 0.25) is 5.91 Å². The summed E-state index contributed by atoms with van der Waals surface area (Å²) in [5.74, 6) is 2.51. The smallest absolute Gasteiger partial charge is 0.303 e. The van der Waals surface area contributed by atoms with Crippen molar-refractivity contribution in [3.05, 3.63) is 23.2 Å². The first-order chi connectivity index (χ1) is 15.6. The lowest BCUT2D eigenvalue weighted by Gasteiger charge is -2.39. The third-order valence-electron chi connectivity index (χ3n) is 6.83. The number of rotatable bonds is 8. The molecule has 0 aromatic heterocycles. The Morgan fingerprint density at radius 2 is 1.62 bits per heavy atom. The molecule has 34 heavy (non-hydrogen) atoms. The minimum atomic E-state index is -2.15. The number of carbonyl (C=O) groups excluding carboxylic acids is 2. The number of hydrogen-bond donors (Lipinski definition) is 1. The van der Waals surface area contributed by atoms with Gasteiger partial charge in [-0.1, -0.05) is 73.9 Å². The highest BCUT2D eigenvalue weighted by molar-refractivity contribution is 6.90. The lowest BCUT2D eigenvalue weighted by Crippen LogP contribution is -2.55. The molecule has 0 radical (unpaired) electrons. The van der Waals surface area contributed by atoms with E-state index in [0.29, 0.717) is 33.1 Å². The van der Waals surface area contributed by atoms with Crippen molar-refractivity contribution in [1.82, 2.24) is 0 Å². The molecule has 0 spiro atoms. The number of ether oxygens (including phenoxy) is 1. The maximum Gasteiger partial charge on any atom is 0.303 e. The Bertz CT molecular complexity index is 947. The minimum absolute atomic E-state index is 0.195. The van der Waals surface area contributed by atoms with Gasteiger partial charge in [-0.15, -0.1) is 5.54 Å². The highest BCUT2D eigenvalue weighted by Crippen LogP contribution is 2.41. The van der Waals surface area contributed by atoms with E-state index in [9.17, 15) is 9.59 Å². The Balaban J connectivity index is 2.61. The van der Waals surface area contributed by atoms with Crippen molar-refractivity contribution in [2.75, 3.05) is 4.90 Å². The Morgan fingerprint density at radius 3 is 2.00 bits per heavy atom. The Labute approximate surface area is 211 Å². The fourth-order valence-electron chi connectivity index (χ4n) is 5.08. The summed E-state index contributed by atoms with van der Waals surface area (Å²) >= 11 is 6.51. The van der Waals surface area contributed by atoms with Gasteiger partial charge in [0.25, 0.3) is 0 Å². The highest BCUT2D eigenvalue weighted by atomic mass is 35.5. The molecule has 7 heteroatoms. The van der Waals surface area contributed by atoms with Gasteiger partial charge in [0.1, 0.15) is 19.9 Å². The monoisotopic (exact) mass is 504 g/mol. The van der Waals surface area contributed by atoms with Crippen molar-refractivity contribution in [3.63, 3.8) is 0 Å². The number of nitrogens with two attached hydrogens (primary N) is 1. The van der Waals surface area contributed by atoms with Gasteiger partial charge in [-0.05, 0) is 59.0 Å². The first kappa shape index (κ1) is 28.3. The molecular weight excluding hydrogens is 464 g/mol. The summed E-state index contributed by atoms with van der Waals surface area (Å²) in [6.45, 7) is 18.8. The average Bonchev–Trinajstić information content (AvgIpc) is 3.49. The van der Waals surface area contributed by atoms with Crippen LogP contribution in [-0.4, -0.2) is 32.0 Å². The quantitative estimate of drug-likeness (QED) is 0.331. The molecule has 2 amide bonds. The fourth-order valence-corrected chi connectivity index (χ4v) is 10.5. The predicted molar refractivity (Wildman–Crippen MR) is 144 cm³/mol. The maximum absolute atomic E-state index is 13.7. The third-order valence-corrected chi connectivity index (χ3v) is 13.4. The molecule has 0 bridgehead atoms. The predicted octanol–water partition coefficient (Wildman–Crippen LogP) is 6.34. The second-order valence-electron chi connectivity index (χ2n) is 11.4. The first-order valence-corrected chi connectivity index (χ1v) is 14.9. The van der Waals surface area contributed by atoms with Crippen LogP contribution >= 0.6 is 11.6 Å².